The van der Waals surface area contributed by atoms with Crippen molar-refractivity contribution in [2.24, 2.45) is 5.92 Å². The lowest BCUT2D eigenvalue weighted by molar-refractivity contribution is 0.0916. The Balaban J connectivity index is 1.47. The first kappa shape index (κ1) is 24.2. The summed E-state index contributed by atoms with van der Waals surface area (Å²) in [5.74, 6) is -0.474. The Bertz CT molecular complexity index is 1210. The maximum absolute atomic E-state index is 14.2. The van der Waals surface area contributed by atoms with Gasteiger partial charge in [0.2, 0.25) is 0 Å². The molecule has 2 aliphatic rings. The Kier molecular flexibility index (Phi) is 7.64. The monoisotopic (exact) mass is 473 g/mol. The van der Waals surface area contributed by atoms with Crippen molar-refractivity contribution in [3.05, 3.63) is 89.9 Å². The van der Waals surface area contributed by atoms with Gasteiger partial charge in [-0.05, 0) is 53.6 Å². The molecule has 1 aliphatic carbocycles. The number of nitriles is 1. The molecule has 2 N–H and O–H groups in total. The second kappa shape index (κ2) is 11.0. The van der Waals surface area contributed by atoms with Crippen LogP contribution in [0.4, 0.5) is 4.39 Å². The number of benzene rings is 2. The fourth-order valence-corrected chi connectivity index (χ4v) is 4.62. The van der Waals surface area contributed by atoms with Crippen LogP contribution >= 0.6 is 0 Å². The molecule has 0 aromatic heterocycles. The zero-order chi connectivity index (χ0) is 24.8. The van der Waals surface area contributed by atoms with Crippen molar-refractivity contribution >= 4 is 5.91 Å². The fourth-order valence-electron chi connectivity index (χ4n) is 4.62. The van der Waals surface area contributed by atoms with Gasteiger partial charge in [0, 0.05) is 18.0 Å². The number of hydrogen-bond acceptors (Lipinski definition) is 5. The summed E-state index contributed by atoms with van der Waals surface area (Å²) in [7, 11) is 1.41. The van der Waals surface area contributed by atoms with E-state index in [-0.39, 0.29) is 30.2 Å². The zero-order valence-corrected chi connectivity index (χ0v) is 19.5. The smallest absolute Gasteiger partial charge is 0.251 e. The largest absolute Gasteiger partial charge is 0.494 e. The number of rotatable bonds is 9. The Morgan fingerprint density at radius 1 is 1.23 bits per heavy atom. The first-order chi connectivity index (χ1) is 17.0. The maximum Gasteiger partial charge on any atom is 0.251 e. The third kappa shape index (κ3) is 5.44. The van der Waals surface area contributed by atoms with Gasteiger partial charge in [-0.2, -0.15) is 5.26 Å². The highest BCUT2D eigenvalue weighted by molar-refractivity contribution is 5.95. The van der Waals surface area contributed by atoms with Crippen LogP contribution in [0.2, 0.25) is 0 Å². The number of fused-ring (bicyclic) bond motifs is 1. The molecule has 4 rings (SSSR count). The molecule has 2 aromatic carbocycles. The average Bonchev–Trinajstić information content (AvgIpc) is 3.24. The SMILES string of the molecule is COc1ccc(-c2cccc(C(=O)N[C@@H](CO)CC3=CN(CCC#N)C4C=CC=CC34)c2)cc1F. The number of nitrogens with one attached hydrogen (secondary N) is 1. The normalized spacial score (nSPS) is 19.0. The van der Waals surface area contributed by atoms with Gasteiger partial charge in [-0.1, -0.05) is 42.5 Å². The Morgan fingerprint density at radius 3 is 2.77 bits per heavy atom. The van der Waals surface area contributed by atoms with Crippen LogP contribution in [0.5, 0.6) is 5.75 Å². The summed E-state index contributed by atoms with van der Waals surface area (Å²) in [5.41, 5.74) is 2.86. The molecule has 0 radical (unpaired) electrons. The summed E-state index contributed by atoms with van der Waals surface area (Å²) in [4.78, 5) is 15.2. The van der Waals surface area contributed by atoms with Crippen LogP contribution in [0, 0.1) is 23.1 Å². The minimum absolute atomic E-state index is 0.151. The molecule has 0 bridgehead atoms. The van der Waals surface area contributed by atoms with Crippen molar-refractivity contribution in [2.75, 3.05) is 20.3 Å². The maximum atomic E-state index is 14.2. The molecule has 1 aliphatic heterocycles. The van der Waals surface area contributed by atoms with Gasteiger partial charge in [0.1, 0.15) is 0 Å². The van der Waals surface area contributed by atoms with Crippen molar-refractivity contribution < 1.29 is 19.0 Å². The van der Waals surface area contributed by atoms with Crippen molar-refractivity contribution in [3.63, 3.8) is 0 Å². The van der Waals surface area contributed by atoms with Crippen LogP contribution < -0.4 is 10.1 Å². The van der Waals surface area contributed by atoms with Crippen LogP contribution in [0.3, 0.4) is 0 Å². The molecular weight excluding hydrogens is 445 g/mol. The lowest BCUT2D eigenvalue weighted by Crippen LogP contribution is -2.38. The molecule has 180 valence electrons. The van der Waals surface area contributed by atoms with Gasteiger partial charge in [-0.15, -0.1) is 0 Å². The minimum Gasteiger partial charge on any atom is -0.494 e. The molecule has 7 heteroatoms. The summed E-state index contributed by atoms with van der Waals surface area (Å²) < 4.78 is 19.1. The molecular formula is C28H28FN3O3. The van der Waals surface area contributed by atoms with E-state index in [2.05, 4.69) is 34.6 Å². The highest BCUT2D eigenvalue weighted by Crippen LogP contribution is 2.35. The minimum atomic E-state index is -0.473. The van der Waals surface area contributed by atoms with Crippen molar-refractivity contribution in [1.29, 1.82) is 5.26 Å². The number of halogens is 1. The predicted octanol–water partition coefficient (Wildman–Crippen LogP) is 4.21. The highest BCUT2D eigenvalue weighted by atomic mass is 19.1. The number of aliphatic hydroxyl groups excluding tert-OH is 1. The third-order valence-corrected chi connectivity index (χ3v) is 6.38. The summed E-state index contributed by atoms with van der Waals surface area (Å²) in [6.07, 6.45) is 11.2. The number of carbonyl (C=O) groups is 1. The van der Waals surface area contributed by atoms with E-state index < -0.39 is 11.9 Å². The van der Waals surface area contributed by atoms with Gasteiger partial charge in [0.15, 0.2) is 11.6 Å². The van der Waals surface area contributed by atoms with Crippen molar-refractivity contribution in [1.82, 2.24) is 10.2 Å². The summed E-state index contributed by atoms with van der Waals surface area (Å²) in [6, 6.07) is 13.5. The van der Waals surface area contributed by atoms with E-state index in [0.717, 1.165) is 5.57 Å². The van der Waals surface area contributed by atoms with E-state index in [0.29, 0.717) is 36.1 Å². The lowest BCUT2D eigenvalue weighted by atomic mass is 9.87. The number of carbonyl (C=O) groups excluding carboxylic acids is 1. The summed E-state index contributed by atoms with van der Waals surface area (Å²) in [6.45, 7) is 0.426. The lowest BCUT2D eigenvalue weighted by Gasteiger charge is -2.27. The van der Waals surface area contributed by atoms with Gasteiger partial charge in [-0.25, -0.2) is 4.39 Å². The molecule has 1 heterocycles. The number of allylic oxidation sites excluding steroid dienone is 2. The first-order valence-electron chi connectivity index (χ1n) is 11.6. The van der Waals surface area contributed by atoms with Crippen LogP contribution in [-0.4, -0.2) is 48.3 Å². The number of amides is 1. The molecule has 35 heavy (non-hydrogen) atoms. The number of ether oxygens (including phenoxy) is 1. The van der Waals surface area contributed by atoms with Gasteiger partial charge >= 0.3 is 0 Å². The molecule has 0 saturated carbocycles. The molecule has 2 aromatic rings. The third-order valence-electron chi connectivity index (χ3n) is 6.38. The van der Waals surface area contributed by atoms with Gasteiger partial charge in [-0.3, -0.25) is 4.79 Å². The average molecular weight is 474 g/mol. The number of methoxy groups -OCH3 is 1. The highest BCUT2D eigenvalue weighted by Gasteiger charge is 2.33. The van der Waals surface area contributed by atoms with Crippen LogP contribution in [0.1, 0.15) is 23.2 Å². The zero-order valence-electron chi connectivity index (χ0n) is 19.5. The Labute approximate surface area is 204 Å². The summed E-state index contributed by atoms with van der Waals surface area (Å²) in [5, 5.41) is 21.9. The molecule has 3 atom stereocenters. The van der Waals surface area contributed by atoms with Gasteiger partial charge in [0.05, 0.1) is 38.3 Å². The molecule has 1 amide bonds. The van der Waals surface area contributed by atoms with E-state index in [4.69, 9.17) is 10.00 Å². The Morgan fingerprint density at radius 2 is 2.03 bits per heavy atom. The predicted molar refractivity (Wildman–Crippen MR) is 132 cm³/mol. The standard InChI is InChI=1S/C28H28FN3O3/c1-35-27-11-10-20(16-25(27)29)19-6-4-7-21(14-19)28(34)31-23(18-33)15-22-17-32(13-5-12-30)26-9-3-2-8-24(22)26/h2-4,6-11,14,16-17,23-24,26,33H,5,13,15,18H2,1H3,(H,31,34)/t23-,24?,26?/m1/s1. The second-order valence-electron chi connectivity index (χ2n) is 8.62. The summed E-state index contributed by atoms with van der Waals surface area (Å²) >= 11 is 0. The van der Waals surface area contributed by atoms with E-state index in [1.54, 1.807) is 30.3 Å². The molecule has 0 spiro atoms. The molecule has 2 unspecified atom stereocenters. The number of nitrogens with zero attached hydrogens (tertiary/aromatic N) is 2. The first-order valence-corrected chi connectivity index (χ1v) is 11.6. The van der Waals surface area contributed by atoms with E-state index >= 15 is 0 Å². The van der Waals surface area contributed by atoms with E-state index in [1.807, 2.05) is 18.2 Å². The quantitative estimate of drug-likeness (QED) is 0.570. The number of aliphatic hydroxyl groups is 1. The number of hydrogen-bond donors (Lipinski definition) is 2. The van der Waals surface area contributed by atoms with E-state index in [9.17, 15) is 14.3 Å². The van der Waals surface area contributed by atoms with Crippen LogP contribution in [0.25, 0.3) is 11.1 Å². The topological polar surface area (TPSA) is 85.6 Å². The van der Waals surface area contributed by atoms with Crippen LogP contribution in [0.15, 0.2) is 78.5 Å². The second-order valence-corrected chi connectivity index (χ2v) is 8.62. The molecule has 0 saturated heterocycles. The molecule has 0 fully saturated rings. The fraction of sp³-hybridized carbons (Fsp3) is 0.286. The Hall–Kier alpha value is -3.89. The van der Waals surface area contributed by atoms with Gasteiger partial charge < -0.3 is 20.1 Å². The van der Waals surface area contributed by atoms with E-state index in [1.165, 1.54) is 13.2 Å². The van der Waals surface area contributed by atoms with Gasteiger partial charge in [0.25, 0.3) is 5.91 Å². The van der Waals surface area contributed by atoms with Crippen molar-refractivity contribution in [2.45, 2.75) is 24.9 Å². The van der Waals surface area contributed by atoms with Crippen LogP contribution in [-0.2, 0) is 0 Å². The van der Waals surface area contributed by atoms with Crippen molar-refractivity contribution in [3.8, 4) is 22.9 Å². The molecule has 6 nitrogen and oxygen atoms in total.